The summed E-state index contributed by atoms with van der Waals surface area (Å²) < 4.78 is 5.27. The molecule has 2 unspecified atom stereocenters. The number of rotatable bonds is 2. The topological polar surface area (TPSA) is 66.0 Å². The van der Waals surface area contributed by atoms with Crippen molar-refractivity contribution in [3.8, 4) is 0 Å². The Hall–Kier alpha value is -0.940. The van der Waals surface area contributed by atoms with E-state index < -0.39 is 0 Å². The Labute approximate surface area is 76.9 Å². The molecule has 5 heteroatoms. The van der Waals surface area contributed by atoms with Gasteiger partial charge in [-0.25, -0.2) is 0 Å². The Balaban J connectivity index is 2.07. The van der Waals surface area contributed by atoms with Crippen LogP contribution in [0.1, 0.15) is 18.2 Å². The van der Waals surface area contributed by atoms with Gasteiger partial charge < -0.3 is 10.5 Å². The molecule has 1 fully saturated rings. The molecule has 2 heterocycles. The molecule has 0 aromatic carbocycles. The van der Waals surface area contributed by atoms with Crippen LogP contribution in [0, 0.1) is 5.92 Å². The summed E-state index contributed by atoms with van der Waals surface area (Å²) in [6, 6.07) is -0.0313. The number of nitrogens with zero attached hydrogens (tertiary/aromatic N) is 3. The lowest BCUT2D eigenvalue weighted by Crippen LogP contribution is -2.22. The molecule has 1 aliphatic rings. The maximum Gasteiger partial charge on any atom is 0.0997 e. The average molecular weight is 182 g/mol. The van der Waals surface area contributed by atoms with Crippen molar-refractivity contribution in [3.05, 3.63) is 11.9 Å². The average Bonchev–Trinajstić information content (AvgIpc) is 2.72. The zero-order valence-corrected chi connectivity index (χ0v) is 7.68. The number of hydrogen-bond acceptors (Lipinski definition) is 4. The molecule has 5 nitrogen and oxygen atoms in total. The van der Waals surface area contributed by atoms with Crippen molar-refractivity contribution < 1.29 is 4.74 Å². The third-order valence-electron chi connectivity index (χ3n) is 2.43. The van der Waals surface area contributed by atoms with Gasteiger partial charge in [0.1, 0.15) is 0 Å². The minimum Gasteiger partial charge on any atom is -0.381 e. The molecule has 1 aliphatic heterocycles. The summed E-state index contributed by atoms with van der Waals surface area (Å²) in [5, 5.41) is 8.17. The standard InChI is InChI=1S/C8H14N4O/c1-12-10-4-7(11-12)8(9)6-2-3-13-5-6/h4,6,8H,2-3,5,9H2,1H3. The minimum atomic E-state index is -0.0313. The van der Waals surface area contributed by atoms with E-state index in [4.69, 9.17) is 10.5 Å². The molecule has 0 radical (unpaired) electrons. The third kappa shape index (κ3) is 1.71. The molecule has 13 heavy (non-hydrogen) atoms. The van der Waals surface area contributed by atoms with Gasteiger partial charge in [0.15, 0.2) is 0 Å². The summed E-state index contributed by atoms with van der Waals surface area (Å²) in [5.41, 5.74) is 6.88. The lowest BCUT2D eigenvalue weighted by molar-refractivity contribution is 0.180. The smallest absolute Gasteiger partial charge is 0.0997 e. The summed E-state index contributed by atoms with van der Waals surface area (Å²) in [5.74, 6) is 0.400. The SMILES string of the molecule is Cn1ncc(C(N)C2CCOC2)n1. The van der Waals surface area contributed by atoms with Gasteiger partial charge in [0.2, 0.25) is 0 Å². The Morgan fingerprint density at radius 3 is 3.15 bits per heavy atom. The molecule has 0 amide bonds. The predicted octanol–water partition coefficient (Wildman–Crippen LogP) is -0.149. The Morgan fingerprint density at radius 2 is 2.62 bits per heavy atom. The van der Waals surface area contributed by atoms with Gasteiger partial charge in [-0.3, -0.25) is 0 Å². The quantitative estimate of drug-likeness (QED) is 0.690. The second kappa shape index (κ2) is 3.43. The van der Waals surface area contributed by atoms with Crippen LogP contribution in [0.4, 0.5) is 0 Å². The summed E-state index contributed by atoms with van der Waals surface area (Å²) in [6.07, 6.45) is 2.75. The van der Waals surface area contributed by atoms with Gasteiger partial charge in [-0.05, 0) is 6.42 Å². The lowest BCUT2D eigenvalue weighted by atomic mass is 9.98. The van der Waals surface area contributed by atoms with E-state index in [1.165, 1.54) is 4.80 Å². The van der Waals surface area contributed by atoms with Crippen molar-refractivity contribution in [3.63, 3.8) is 0 Å². The zero-order valence-electron chi connectivity index (χ0n) is 7.68. The first kappa shape index (κ1) is 8.65. The van der Waals surface area contributed by atoms with Gasteiger partial charge >= 0.3 is 0 Å². The van der Waals surface area contributed by atoms with E-state index in [0.29, 0.717) is 5.92 Å². The largest absolute Gasteiger partial charge is 0.381 e. The highest BCUT2D eigenvalue weighted by atomic mass is 16.5. The van der Waals surface area contributed by atoms with Crippen molar-refractivity contribution in [2.45, 2.75) is 12.5 Å². The number of ether oxygens (including phenoxy) is 1. The summed E-state index contributed by atoms with van der Waals surface area (Å²) in [6.45, 7) is 1.57. The molecule has 1 saturated heterocycles. The van der Waals surface area contributed by atoms with Crippen molar-refractivity contribution in [2.75, 3.05) is 13.2 Å². The van der Waals surface area contributed by atoms with Crippen LogP contribution in [-0.2, 0) is 11.8 Å². The highest BCUT2D eigenvalue weighted by Gasteiger charge is 2.25. The van der Waals surface area contributed by atoms with Crippen molar-refractivity contribution in [1.82, 2.24) is 15.0 Å². The lowest BCUT2D eigenvalue weighted by Gasteiger charge is -2.13. The molecule has 1 aromatic heterocycles. The zero-order chi connectivity index (χ0) is 9.26. The number of nitrogens with two attached hydrogens (primary N) is 1. The van der Waals surface area contributed by atoms with Gasteiger partial charge in [-0.2, -0.15) is 15.0 Å². The molecule has 0 aliphatic carbocycles. The van der Waals surface area contributed by atoms with E-state index in [9.17, 15) is 0 Å². The fourth-order valence-electron chi connectivity index (χ4n) is 1.59. The second-order valence-corrected chi connectivity index (χ2v) is 3.41. The molecule has 0 bridgehead atoms. The maximum absolute atomic E-state index is 6.02. The Kier molecular flexibility index (Phi) is 2.28. The first-order valence-electron chi connectivity index (χ1n) is 4.47. The molecule has 2 atom stereocenters. The van der Waals surface area contributed by atoms with Gasteiger partial charge in [0, 0.05) is 19.6 Å². The molecule has 0 spiro atoms. The number of aromatic nitrogens is 3. The molecule has 2 rings (SSSR count). The van der Waals surface area contributed by atoms with Crippen LogP contribution in [0.3, 0.4) is 0 Å². The van der Waals surface area contributed by atoms with E-state index >= 15 is 0 Å². The summed E-state index contributed by atoms with van der Waals surface area (Å²) >= 11 is 0. The van der Waals surface area contributed by atoms with Crippen molar-refractivity contribution >= 4 is 0 Å². The molecule has 0 saturated carbocycles. The van der Waals surface area contributed by atoms with Gasteiger partial charge in [-0.1, -0.05) is 0 Å². The van der Waals surface area contributed by atoms with E-state index in [1.807, 2.05) is 0 Å². The fraction of sp³-hybridized carbons (Fsp3) is 0.750. The van der Waals surface area contributed by atoms with E-state index in [1.54, 1.807) is 13.2 Å². The van der Waals surface area contributed by atoms with Crippen LogP contribution in [0.2, 0.25) is 0 Å². The van der Waals surface area contributed by atoms with Gasteiger partial charge in [0.25, 0.3) is 0 Å². The van der Waals surface area contributed by atoms with Crippen molar-refractivity contribution in [1.29, 1.82) is 0 Å². The van der Waals surface area contributed by atoms with E-state index in [-0.39, 0.29) is 6.04 Å². The molecular formula is C8H14N4O. The van der Waals surface area contributed by atoms with Gasteiger partial charge in [-0.15, -0.1) is 0 Å². The maximum atomic E-state index is 6.02. The third-order valence-corrected chi connectivity index (χ3v) is 2.43. The van der Waals surface area contributed by atoms with Crippen LogP contribution < -0.4 is 5.73 Å². The summed E-state index contributed by atoms with van der Waals surface area (Å²) in [7, 11) is 1.79. The molecule has 1 aromatic rings. The predicted molar refractivity (Wildman–Crippen MR) is 46.9 cm³/mol. The molecular weight excluding hydrogens is 168 g/mol. The minimum absolute atomic E-state index is 0.0313. The first-order chi connectivity index (χ1) is 6.27. The Bertz CT molecular complexity index is 279. The summed E-state index contributed by atoms with van der Waals surface area (Å²) in [4.78, 5) is 1.53. The fourth-order valence-corrected chi connectivity index (χ4v) is 1.59. The Morgan fingerprint density at radius 1 is 1.77 bits per heavy atom. The number of hydrogen-bond donors (Lipinski definition) is 1. The molecule has 72 valence electrons. The highest BCUT2D eigenvalue weighted by Crippen LogP contribution is 2.24. The van der Waals surface area contributed by atoms with Crippen LogP contribution in [0.15, 0.2) is 6.20 Å². The normalized spacial score (nSPS) is 24.9. The van der Waals surface area contributed by atoms with E-state index in [0.717, 1.165) is 25.3 Å². The second-order valence-electron chi connectivity index (χ2n) is 3.41. The van der Waals surface area contributed by atoms with Crippen molar-refractivity contribution in [2.24, 2.45) is 18.7 Å². The van der Waals surface area contributed by atoms with Gasteiger partial charge in [0.05, 0.1) is 24.5 Å². The molecule has 2 N–H and O–H groups in total. The first-order valence-corrected chi connectivity index (χ1v) is 4.47. The monoisotopic (exact) mass is 182 g/mol. The van der Waals surface area contributed by atoms with Crippen LogP contribution in [0.5, 0.6) is 0 Å². The number of aryl methyl sites for hydroxylation is 1. The van der Waals surface area contributed by atoms with Crippen LogP contribution >= 0.6 is 0 Å². The van der Waals surface area contributed by atoms with Crippen LogP contribution in [-0.4, -0.2) is 28.2 Å². The van der Waals surface area contributed by atoms with E-state index in [2.05, 4.69) is 10.2 Å². The highest BCUT2D eigenvalue weighted by molar-refractivity contribution is 5.01. The van der Waals surface area contributed by atoms with Crippen LogP contribution in [0.25, 0.3) is 0 Å².